The van der Waals surface area contributed by atoms with Crippen LogP contribution in [0, 0.1) is 0 Å². The lowest BCUT2D eigenvalue weighted by Crippen LogP contribution is -1.72. The van der Waals surface area contributed by atoms with E-state index in [9.17, 15) is 0 Å². The first-order valence-electron chi connectivity index (χ1n) is 3.46. The fourth-order valence-electron chi connectivity index (χ4n) is 1.09. The number of hydrogen-bond acceptors (Lipinski definition) is 1. The molecule has 2 rings (SSSR count). The zero-order valence-electron chi connectivity index (χ0n) is 6.04. The molecule has 0 unspecified atom stereocenters. The molecule has 1 N–H and O–H groups in total. The van der Waals surface area contributed by atoms with E-state index >= 15 is 0 Å². The predicted octanol–water partition coefficient (Wildman–Crippen LogP) is 2.21. The lowest BCUT2D eigenvalue weighted by molar-refractivity contribution is 1.31. The third-order valence-electron chi connectivity index (χ3n) is 1.63. The first-order chi connectivity index (χ1) is 5.40. The highest BCUT2D eigenvalue weighted by Crippen LogP contribution is 2.12. The molecule has 0 aromatic carbocycles. The molecule has 0 aliphatic carbocycles. The Hall–Kier alpha value is -1.57. The Kier molecular flexibility index (Phi) is 1.25. The van der Waals surface area contributed by atoms with Crippen molar-refractivity contribution in [3.8, 4) is 0 Å². The summed E-state index contributed by atoms with van der Waals surface area (Å²) in [6.07, 6.45) is 3.55. The number of aromatic amines is 1. The Bertz CT molecular complexity index is 354. The van der Waals surface area contributed by atoms with Gasteiger partial charge in [0.2, 0.25) is 0 Å². The van der Waals surface area contributed by atoms with Crippen molar-refractivity contribution in [2.45, 2.75) is 0 Å². The zero-order valence-corrected chi connectivity index (χ0v) is 6.04. The molecule has 0 saturated carbocycles. The second kappa shape index (κ2) is 2.23. The molecule has 11 heavy (non-hydrogen) atoms. The van der Waals surface area contributed by atoms with Gasteiger partial charge in [0.1, 0.15) is 5.65 Å². The zero-order chi connectivity index (χ0) is 7.68. The van der Waals surface area contributed by atoms with Gasteiger partial charge < -0.3 is 4.98 Å². The molecular formula is C9H8N2. The minimum absolute atomic E-state index is 0.919. The molecule has 2 heterocycles. The smallest absolute Gasteiger partial charge is 0.137 e. The molecule has 2 nitrogen and oxygen atoms in total. The molecular weight excluding hydrogens is 136 g/mol. The number of hydrogen-bond donors (Lipinski definition) is 1. The molecule has 2 aromatic rings. The molecule has 0 saturated heterocycles. The van der Waals surface area contributed by atoms with Gasteiger partial charge in [0, 0.05) is 17.3 Å². The van der Waals surface area contributed by atoms with Crippen LogP contribution in [0.2, 0.25) is 0 Å². The van der Waals surface area contributed by atoms with Crippen LogP contribution in [0.25, 0.3) is 17.1 Å². The number of fused-ring (bicyclic) bond motifs is 1. The third kappa shape index (κ3) is 0.923. The second-order valence-electron chi connectivity index (χ2n) is 2.37. The van der Waals surface area contributed by atoms with Gasteiger partial charge in [-0.2, -0.15) is 0 Å². The number of H-pyrrole nitrogens is 1. The summed E-state index contributed by atoms with van der Waals surface area (Å²) in [6, 6.07) is 5.96. The van der Waals surface area contributed by atoms with Gasteiger partial charge in [-0.25, -0.2) is 4.98 Å². The molecule has 0 amide bonds. The fraction of sp³-hybridized carbons (Fsp3) is 0. The Morgan fingerprint density at radius 2 is 2.45 bits per heavy atom. The standard InChI is InChI=1S/C9H8N2/c1-2-8-6-7-4-3-5-10-9(7)11-8/h2-6H,1H2,(H,10,11). The molecule has 0 radical (unpaired) electrons. The number of nitrogens with zero attached hydrogens (tertiary/aromatic N) is 1. The largest absolute Gasteiger partial charge is 0.340 e. The van der Waals surface area contributed by atoms with Gasteiger partial charge in [-0.15, -0.1) is 0 Å². The lowest BCUT2D eigenvalue weighted by atomic mass is 10.3. The van der Waals surface area contributed by atoms with E-state index in [-0.39, 0.29) is 0 Å². The quantitative estimate of drug-likeness (QED) is 0.653. The van der Waals surface area contributed by atoms with E-state index in [1.807, 2.05) is 18.2 Å². The van der Waals surface area contributed by atoms with Crippen LogP contribution >= 0.6 is 0 Å². The van der Waals surface area contributed by atoms with Crippen LogP contribution in [-0.4, -0.2) is 9.97 Å². The van der Waals surface area contributed by atoms with Gasteiger partial charge in [0.15, 0.2) is 0 Å². The van der Waals surface area contributed by atoms with Crippen LogP contribution in [-0.2, 0) is 0 Å². The SMILES string of the molecule is C=Cc1cc2cccnc2[nH]1. The summed E-state index contributed by atoms with van der Waals surface area (Å²) in [6.45, 7) is 3.67. The van der Waals surface area contributed by atoms with Gasteiger partial charge in [0.25, 0.3) is 0 Å². The van der Waals surface area contributed by atoms with Crippen molar-refractivity contribution >= 4 is 17.1 Å². The van der Waals surface area contributed by atoms with Crippen LogP contribution in [0.15, 0.2) is 31.0 Å². The van der Waals surface area contributed by atoms with Gasteiger partial charge in [0.05, 0.1) is 0 Å². The highest BCUT2D eigenvalue weighted by molar-refractivity contribution is 5.78. The van der Waals surface area contributed by atoms with E-state index in [1.54, 1.807) is 12.3 Å². The number of rotatable bonds is 1. The summed E-state index contributed by atoms with van der Waals surface area (Å²) >= 11 is 0. The van der Waals surface area contributed by atoms with Crippen molar-refractivity contribution in [2.24, 2.45) is 0 Å². The predicted molar refractivity (Wildman–Crippen MR) is 46.2 cm³/mol. The van der Waals surface area contributed by atoms with Crippen molar-refractivity contribution in [1.82, 2.24) is 9.97 Å². The maximum absolute atomic E-state index is 4.15. The van der Waals surface area contributed by atoms with Gasteiger partial charge >= 0.3 is 0 Å². The molecule has 0 aliphatic heterocycles. The van der Waals surface area contributed by atoms with E-state index < -0.39 is 0 Å². The van der Waals surface area contributed by atoms with Crippen LogP contribution < -0.4 is 0 Å². The van der Waals surface area contributed by atoms with Gasteiger partial charge in [-0.05, 0) is 24.3 Å². The maximum Gasteiger partial charge on any atom is 0.137 e. The number of aromatic nitrogens is 2. The van der Waals surface area contributed by atoms with E-state index in [0.717, 1.165) is 16.7 Å². The highest BCUT2D eigenvalue weighted by atomic mass is 14.8. The van der Waals surface area contributed by atoms with Crippen molar-refractivity contribution < 1.29 is 0 Å². The maximum atomic E-state index is 4.15. The lowest BCUT2D eigenvalue weighted by Gasteiger charge is -1.82. The van der Waals surface area contributed by atoms with E-state index in [4.69, 9.17) is 0 Å². The molecule has 0 bridgehead atoms. The second-order valence-corrected chi connectivity index (χ2v) is 2.37. The van der Waals surface area contributed by atoms with Crippen molar-refractivity contribution in [1.29, 1.82) is 0 Å². The molecule has 0 fully saturated rings. The molecule has 2 heteroatoms. The Balaban J connectivity index is 2.78. The molecule has 0 atom stereocenters. The minimum Gasteiger partial charge on any atom is -0.340 e. The molecule has 0 aliphatic rings. The van der Waals surface area contributed by atoms with Crippen LogP contribution in [0.3, 0.4) is 0 Å². The molecule has 54 valence electrons. The fourth-order valence-corrected chi connectivity index (χ4v) is 1.09. The van der Waals surface area contributed by atoms with Crippen LogP contribution in [0.4, 0.5) is 0 Å². The summed E-state index contributed by atoms with van der Waals surface area (Å²) in [5, 5.41) is 1.13. The minimum atomic E-state index is 0.919. The Labute approximate surface area is 64.6 Å². The monoisotopic (exact) mass is 144 g/mol. The topological polar surface area (TPSA) is 28.7 Å². The normalized spacial score (nSPS) is 10.2. The summed E-state index contributed by atoms with van der Waals surface area (Å²) < 4.78 is 0. The van der Waals surface area contributed by atoms with E-state index in [0.29, 0.717) is 0 Å². The molecule has 0 spiro atoms. The van der Waals surface area contributed by atoms with Gasteiger partial charge in [-0.3, -0.25) is 0 Å². The van der Waals surface area contributed by atoms with Gasteiger partial charge in [-0.1, -0.05) is 6.58 Å². The Morgan fingerprint density at radius 3 is 3.18 bits per heavy atom. The first-order valence-corrected chi connectivity index (χ1v) is 3.46. The third-order valence-corrected chi connectivity index (χ3v) is 1.63. The average molecular weight is 144 g/mol. The van der Waals surface area contributed by atoms with Crippen molar-refractivity contribution in [3.05, 3.63) is 36.7 Å². The summed E-state index contributed by atoms with van der Waals surface area (Å²) in [5.74, 6) is 0. The van der Waals surface area contributed by atoms with Crippen LogP contribution in [0.1, 0.15) is 5.69 Å². The first kappa shape index (κ1) is 6.16. The van der Waals surface area contributed by atoms with Crippen molar-refractivity contribution in [3.63, 3.8) is 0 Å². The number of nitrogens with one attached hydrogen (secondary N) is 1. The van der Waals surface area contributed by atoms with Crippen LogP contribution in [0.5, 0.6) is 0 Å². The Morgan fingerprint density at radius 1 is 1.55 bits per heavy atom. The highest BCUT2D eigenvalue weighted by Gasteiger charge is 1.95. The van der Waals surface area contributed by atoms with E-state index in [2.05, 4.69) is 16.5 Å². The average Bonchev–Trinajstić information content (AvgIpc) is 2.46. The van der Waals surface area contributed by atoms with Crippen molar-refractivity contribution in [2.75, 3.05) is 0 Å². The van der Waals surface area contributed by atoms with E-state index in [1.165, 1.54) is 0 Å². The molecule has 2 aromatic heterocycles. The summed E-state index contributed by atoms with van der Waals surface area (Å²) in [4.78, 5) is 7.26. The number of pyridine rings is 1. The summed E-state index contributed by atoms with van der Waals surface area (Å²) in [5.41, 5.74) is 1.93. The summed E-state index contributed by atoms with van der Waals surface area (Å²) in [7, 11) is 0.